The molecule has 2 aromatic rings. The molecule has 1 unspecified atom stereocenters. The molecule has 1 aliphatic carbocycles. The molecule has 1 N–H and O–H groups in total. The van der Waals surface area contributed by atoms with Crippen molar-refractivity contribution >= 4 is 15.9 Å². The van der Waals surface area contributed by atoms with Gasteiger partial charge >= 0.3 is 0 Å². The fourth-order valence-corrected chi connectivity index (χ4v) is 3.49. The Labute approximate surface area is 133 Å². The molecule has 0 saturated heterocycles. The predicted molar refractivity (Wildman–Crippen MR) is 87.0 cm³/mol. The van der Waals surface area contributed by atoms with Crippen molar-refractivity contribution in [1.82, 2.24) is 9.88 Å². The first kappa shape index (κ1) is 14.8. The van der Waals surface area contributed by atoms with Crippen molar-refractivity contribution in [2.45, 2.75) is 38.3 Å². The van der Waals surface area contributed by atoms with Crippen LogP contribution in [0.3, 0.4) is 0 Å². The van der Waals surface area contributed by atoms with Gasteiger partial charge in [-0.1, -0.05) is 28.4 Å². The Kier molecular flexibility index (Phi) is 4.45. The van der Waals surface area contributed by atoms with E-state index >= 15 is 0 Å². The molecule has 0 amide bonds. The molecule has 4 heteroatoms. The van der Waals surface area contributed by atoms with Crippen LogP contribution in [0.25, 0.3) is 0 Å². The summed E-state index contributed by atoms with van der Waals surface area (Å²) in [5.74, 6) is -0.154. The molecule has 1 heterocycles. The Morgan fingerprint density at radius 3 is 2.95 bits per heavy atom. The van der Waals surface area contributed by atoms with E-state index in [-0.39, 0.29) is 5.82 Å². The summed E-state index contributed by atoms with van der Waals surface area (Å²) in [5.41, 5.74) is 3.52. The lowest BCUT2D eigenvalue weighted by molar-refractivity contribution is 0.530. The highest BCUT2D eigenvalue weighted by molar-refractivity contribution is 9.10. The molecule has 112 valence electrons. The molecule has 2 nitrogen and oxygen atoms in total. The number of fused-ring (bicyclic) bond motifs is 1. The molecule has 1 aromatic carbocycles. The zero-order valence-electron chi connectivity index (χ0n) is 12.2. The minimum atomic E-state index is -0.154. The second kappa shape index (κ2) is 6.32. The maximum absolute atomic E-state index is 14.0. The van der Waals surface area contributed by atoms with Gasteiger partial charge in [0.25, 0.3) is 0 Å². The molecule has 1 atom stereocenters. The normalized spacial score (nSPS) is 18.3. The van der Waals surface area contributed by atoms with Gasteiger partial charge in [-0.05, 0) is 49.6 Å². The highest BCUT2D eigenvalue weighted by Crippen LogP contribution is 2.29. The van der Waals surface area contributed by atoms with Crippen molar-refractivity contribution in [2.24, 2.45) is 0 Å². The summed E-state index contributed by atoms with van der Waals surface area (Å²) in [6, 6.07) is 5.70. The Balaban J connectivity index is 1.87. The Morgan fingerprint density at radius 1 is 1.33 bits per heavy atom. The Morgan fingerprint density at radius 2 is 2.19 bits per heavy atom. The van der Waals surface area contributed by atoms with E-state index in [2.05, 4.69) is 38.2 Å². The SMILES string of the molecule is CNC1CCCCc2cn(Cc3ccc(Br)cc3F)cc21. The largest absolute Gasteiger partial charge is 0.349 e. The highest BCUT2D eigenvalue weighted by Gasteiger charge is 2.19. The molecule has 0 radical (unpaired) electrons. The summed E-state index contributed by atoms with van der Waals surface area (Å²) in [7, 11) is 2.02. The fraction of sp³-hybridized carbons (Fsp3) is 0.412. The molecule has 21 heavy (non-hydrogen) atoms. The first-order chi connectivity index (χ1) is 10.2. The summed E-state index contributed by atoms with van der Waals surface area (Å²) in [6.07, 6.45) is 9.18. The van der Waals surface area contributed by atoms with E-state index in [4.69, 9.17) is 0 Å². The van der Waals surface area contributed by atoms with Crippen molar-refractivity contribution in [3.8, 4) is 0 Å². The number of nitrogens with one attached hydrogen (secondary N) is 1. The van der Waals surface area contributed by atoms with Crippen LogP contribution in [-0.4, -0.2) is 11.6 Å². The Hall–Kier alpha value is -1.13. The third kappa shape index (κ3) is 3.22. The zero-order chi connectivity index (χ0) is 14.8. The van der Waals surface area contributed by atoms with E-state index in [1.54, 1.807) is 0 Å². The van der Waals surface area contributed by atoms with Gasteiger partial charge in [0.15, 0.2) is 0 Å². The number of nitrogens with zero attached hydrogens (tertiary/aromatic N) is 1. The maximum Gasteiger partial charge on any atom is 0.129 e. The molecule has 1 aliphatic rings. The Bertz CT molecular complexity index is 636. The number of rotatable bonds is 3. The van der Waals surface area contributed by atoms with E-state index in [1.807, 2.05) is 19.2 Å². The van der Waals surface area contributed by atoms with Crippen LogP contribution in [0.1, 0.15) is 42.0 Å². The van der Waals surface area contributed by atoms with E-state index < -0.39 is 0 Å². The molecule has 3 rings (SSSR count). The summed E-state index contributed by atoms with van der Waals surface area (Å²) in [6.45, 7) is 0.586. The van der Waals surface area contributed by atoms with E-state index in [1.165, 1.54) is 36.5 Å². The van der Waals surface area contributed by atoms with Gasteiger partial charge < -0.3 is 9.88 Å². The maximum atomic E-state index is 14.0. The summed E-state index contributed by atoms with van der Waals surface area (Å²) < 4.78 is 16.9. The third-order valence-electron chi connectivity index (χ3n) is 4.28. The minimum Gasteiger partial charge on any atom is -0.349 e. The minimum absolute atomic E-state index is 0.154. The molecule has 0 fully saturated rings. The number of benzene rings is 1. The number of aryl methyl sites for hydroxylation is 1. The van der Waals surface area contributed by atoms with Crippen LogP contribution in [0.4, 0.5) is 4.39 Å². The topological polar surface area (TPSA) is 17.0 Å². The van der Waals surface area contributed by atoms with Crippen LogP contribution in [0.15, 0.2) is 35.1 Å². The zero-order valence-corrected chi connectivity index (χ0v) is 13.8. The number of aromatic nitrogens is 1. The second-order valence-electron chi connectivity index (χ2n) is 5.73. The molecule has 0 bridgehead atoms. The average molecular weight is 351 g/mol. The lowest BCUT2D eigenvalue weighted by atomic mass is 10.1. The van der Waals surface area contributed by atoms with Crippen molar-refractivity contribution in [3.63, 3.8) is 0 Å². The van der Waals surface area contributed by atoms with Crippen molar-refractivity contribution in [3.05, 3.63) is 57.6 Å². The fourth-order valence-electron chi connectivity index (χ4n) is 3.15. The summed E-state index contributed by atoms with van der Waals surface area (Å²) in [4.78, 5) is 0. The first-order valence-electron chi connectivity index (χ1n) is 7.47. The van der Waals surface area contributed by atoms with Crippen molar-refractivity contribution in [1.29, 1.82) is 0 Å². The summed E-state index contributed by atoms with van der Waals surface area (Å²) in [5, 5.41) is 3.40. The van der Waals surface area contributed by atoms with Gasteiger partial charge in [-0.15, -0.1) is 0 Å². The standard InChI is InChI=1S/C17H20BrFN2/c1-20-17-5-3-2-4-12-9-21(11-15(12)17)10-13-6-7-14(18)8-16(13)19/h6-9,11,17,20H,2-5,10H2,1H3. The van der Waals surface area contributed by atoms with Crippen LogP contribution in [0.5, 0.6) is 0 Å². The van der Waals surface area contributed by atoms with Crippen molar-refractivity contribution < 1.29 is 4.39 Å². The van der Waals surface area contributed by atoms with E-state index in [0.29, 0.717) is 12.6 Å². The average Bonchev–Trinajstić information content (AvgIpc) is 2.75. The number of hydrogen-bond donors (Lipinski definition) is 1. The predicted octanol–water partition coefficient (Wildman–Crippen LogP) is 4.42. The quantitative estimate of drug-likeness (QED) is 0.810. The van der Waals surface area contributed by atoms with Gasteiger partial charge in [-0.2, -0.15) is 0 Å². The molecular weight excluding hydrogens is 331 g/mol. The van der Waals surface area contributed by atoms with Crippen LogP contribution in [0.2, 0.25) is 0 Å². The lowest BCUT2D eigenvalue weighted by Gasteiger charge is -2.13. The molecule has 1 aromatic heterocycles. The van der Waals surface area contributed by atoms with Crippen LogP contribution >= 0.6 is 15.9 Å². The van der Waals surface area contributed by atoms with Gasteiger partial charge in [0.05, 0.1) is 0 Å². The number of halogens is 2. The van der Waals surface area contributed by atoms with Gasteiger partial charge in [0, 0.05) is 35.0 Å². The van der Waals surface area contributed by atoms with Gasteiger partial charge in [0.2, 0.25) is 0 Å². The van der Waals surface area contributed by atoms with Gasteiger partial charge in [-0.25, -0.2) is 4.39 Å². The monoisotopic (exact) mass is 350 g/mol. The molecular formula is C17H20BrFN2. The van der Waals surface area contributed by atoms with Gasteiger partial charge in [-0.3, -0.25) is 0 Å². The van der Waals surface area contributed by atoms with E-state index in [0.717, 1.165) is 16.5 Å². The molecule has 0 aliphatic heterocycles. The van der Waals surface area contributed by atoms with Crippen LogP contribution < -0.4 is 5.32 Å². The molecule has 0 spiro atoms. The summed E-state index contributed by atoms with van der Waals surface area (Å²) >= 11 is 3.30. The number of hydrogen-bond acceptors (Lipinski definition) is 1. The highest BCUT2D eigenvalue weighted by atomic mass is 79.9. The van der Waals surface area contributed by atoms with Crippen molar-refractivity contribution in [2.75, 3.05) is 7.05 Å². The first-order valence-corrected chi connectivity index (χ1v) is 8.26. The molecule has 0 saturated carbocycles. The van der Waals surface area contributed by atoms with Gasteiger partial charge in [0.1, 0.15) is 5.82 Å². The van der Waals surface area contributed by atoms with E-state index in [9.17, 15) is 4.39 Å². The van der Waals surface area contributed by atoms with Crippen LogP contribution in [0, 0.1) is 5.82 Å². The smallest absolute Gasteiger partial charge is 0.129 e. The second-order valence-corrected chi connectivity index (χ2v) is 6.65. The van der Waals surface area contributed by atoms with Crippen LogP contribution in [-0.2, 0) is 13.0 Å². The lowest BCUT2D eigenvalue weighted by Crippen LogP contribution is -2.15. The third-order valence-corrected chi connectivity index (χ3v) is 4.77.